The average molecular weight is 180 g/mol. The molecule has 1 aromatic rings. The van der Waals surface area contributed by atoms with Crippen molar-refractivity contribution in [1.29, 1.82) is 0 Å². The number of anilines is 1. The minimum Gasteiger partial charge on any atom is -0.399 e. The van der Waals surface area contributed by atoms with Crippen LogP contribution < -0.4 is 11.1 Å². The Morgan fingerprint density at radius 1 is 1.31 bits per heavy atom. The first kappa shape index (κ1) is 10.0. The maximum atomic E-state index is 9.78. The fourth-order valence-electron chi connectivity index (χ4n) is 1.14. The van der Waals surface area contributed by atoms with E-state index in [9.17, 15) is 5.11 Å². The Morgan fingerprint density at radius 2 is 1.85 bits per heavy atom. The molecule has 72 valence electrons. The second-order valence-electron chi connectivity index (χ2n) is 3.19. The van der Waals surface area contributed by atoms with Gasteiger partial charge in [0.25, 0.3) is 0 Å². The highest BCUT2D eigenvalue weighted by atomic mass is 16.3. The van der Waals surface area contributed by atoms with Crippen LogP contribution in [0.5, 0.6) is 0 Å². The molecule has 0 bridgehead atoms. The molecule has 0 aliphatic rings. The van der Waals surface area contributed by atoms with Gasteiger partial charge >= 0.3 is 0 Å². The number of hydrogen-bond donors (Lipinski definition) is 3. The van der Waals surface area contributed by atoms with E-state index in [0.717, 1.165) is 5.56 Å². The number of nitrogen functional groups attached to an aromatic ring is 1. The largest absolute Gasteiger partial charge is 0.399 e. The smallest absolute Gasteiger partial charge is 0.0940 e. The Hall–Kier alpha value is -1.06. The third-order valence-electron chi connectivity index (χ3n) is 2.21. The summed E-state index contributed by atoms with van der Waals surface area (Å²) in [7, 11) is 1.82. The van der Waals surface area contributed by atoms with E-state index in [-0.39, 0.29) is 6.04 Å². The lowest BCUT2D eigenvalue weighted by Crippen LogP contribution is -2.28. The van der Waals surface area contributed by atoms with Crippen molar-refractivity contribution in [3.05, 3.63) is 29.8 Å². The highest BCUT2D eigenvalue weighted by Crippen LogP contribution is 2.17. The Balaban J connectivity index is 2.77. The molecule has 3 nitrogen and oxygen atoms in total. The first-order chi connectivity index (χ1) is 6.15. The highest BCUT2D eigenvalue weighted by Gasteiger charge is 2.13. The molecule has 0 radical (unpaired) electrons. The second kappa shape index (κ2) is 4.25. The second-order valence-corrected chi connectivity index (χ2v) is 3.19. The van der Waals surface area contributed by atoms with Gasteiger partial charge in [0.15, 0.2) is 0 Å². The summed E-state index contributed by atoms with van der Waals surface area (Å²) in [5.41, 5.74) is 7.14. The standard InChI is InChI=1S/C10H16N2O/c1-7(12-2)10(13)8-3-5-9(11)6-4-8/h3-7,10,12-13H,11H2,1-2H3/t7-,10-/m0/s1. The molecule has 13 heavy (non-hydrogen) atoms. The molecule has 0 spiro atoms. The average Bonchev–Trinajstić information content (AvgIpc) is 2.17. The molecule has 2 atom stereocenters. The molecule has 0 aliphatic carbocycles. The van der Waals surface area contributed by atoms with Crippen LogP contribution >= 0.6 is 0 Å². The summed E-state index contributed by atoms with van der Waals surface area (Å²) in [5, 5.41) is 12.8. The van der Waals surface area contributed by atoms with Crippen LogP contribution in [0, 0.1) is 0 Å². The number of likely N-dealkylation sites (N-methyl/N-ethyl adjacent to an activating group) is 1. The summed E-state index contributed by atoms with van der Waals surface area (Å²) in [6.07, 6.45) is -0.481. The molecular weight excluding hydrogens is 164 g/mol. The van der Waals surface area contributed by atoms with Gasteiger partial charge in [-0.15, -0.1) is 0 Å². The van der Waals surface area contributed by atoms with E-state index >= 15 is 0 Å². The third-order valence-corrected chi connectivity index (χ3v) is 2.21. The summed E-state index contributed by atoms with van der Waals surface area (Å²) < 4.78 is 0. The Kier molecular flexibility index (Phi) is 3.28. The molecule has 0 amide bonds. The fraction of sp³-hybridized carbons (Fsp3) is 0.400. The minimum absolute atomic E-state index is 0.0450. The number of rotatable bonds is 3. The SMILES string of the molecule is CN[C@@H](C)[C@H](O)c1ccc(N)cc1. The van der Waals surface area contributed by atoms with E-state index in [1.165, 1.54) is 0 Å². The number of nitrogens with one attached hydrogen (secondary N) is 1. The fourth-order valence-corrected chi connectivity index (χ4v) is 1.14. The van der Waals surface area contributed by atoms with Gasteiger partial charge in [0.2, 0.25) is 0 Å². The first-order valence-electron chi connectivity index (χ1n) is 4.36. The van der Waals surface area contributed by atoms with Crippen LogP contribution in [0.15, 0.2) is 24.3 Å². The Bertz CT molecular complexity index is 258. The van der Waals surface area contributed by atoms with Gasteiger partial charge in [0, 0.05) is 11.7 Å². The Labute approximate surface area is 78.6 Å². The highest BCUT2D eigenvalue weighted by molar-refractivity contribution is 5.40. The molecule has 0 unspecified atom stereocenters. The lowest BCUT2D eigenvalue weighted by Gasteiger charge is -2.18. The van der Waals surface area contributed by atoms with E-state index < -0.39 is 6.10 Å². The van der Waals surface area contributed by atoms with E-state index in [1.54, 1.807) is 12.1 Å². The molecule has 3 heteroatoms. The van der Waals surface area contributed by atoms with Crippen LogP contribution in [-0.4, -0.2) is 18.2 Å². The van der Waals surface area contributed by atoms with Crippen molar-refractivity contribution in [1.82, 2.24) is 5.32 Å². The van der Waals surface area contributed by atoms with E-state index in [2.05, 4.69) is 5.32 Å². The predicted molar refractivity (Wildman–Crippen MR) is 54.3 cm³/mol. The number of aliphatic hydroxyl groups excluding tert-OH is 1. The van der Waals surface area contributed by atoms with Gasteiger partial charge in [-0.2, -0.15) is 0 Å². The van der Waals surface area contributed by atoms with Gasteiger partial charge in [-0.3, -0.25) is 0 Å². The van der Waals surface area contributed by atoms with Crippen molar-refractivity contribution in [2.75, 3.05) is 12.8 Å². The van der Waals surface area contributed by atoms with Crippen LogP contribution in [0.4, 0.5) is 5.69 Å². The third kappa shape index (κ3) is 2.44. The number of benzene rings is 1. The predicted octanol–water partition coefficient (Wildman–Crippen LogP) is 0.910. The summed E-state index contributed by atoms with van der Waals surface area (Å²) in [6, 6.07) is 7.31. The van der Waals surface area contributed by atoms with Gasteiger partial charge in [-0.25, -0.2) is 0 Å². The Morgan fingerprint density at radius 3 is 2.31 bits per heavy atom. The summed E-state index contributed by atoms with van der Waals surface area (Å²) in [4.78, 5) is 0. The topological polar surface area (TPSA) is 58.3 Å². The van der Waals surface area contributed by atoms with Crippen molar-refractivity contribution >= 4 is 5.69 Å². The molecule has 1 rings (SSSR count). The number of aliphatic hydroxyl groups is 1. The maximum absolute atomic E-state index is 9.78. The number of hydrogen-bond acceptors (Lipinski definition) is 3. The quantitative estimate of drug-likeness (QED) is 0.606. The summed E-state index contributed by atoms with van der Waals surface area (Å²) in [6.45, 7) is 1.93. The molecule has 0 saturated carbocycles. The molecule has 0 saturated heterocycles. The van der Waals surface area contributed by atoms with Crippen molar-refractivity contribution in [3.63, 3.8) is 0 Å². The monoisotopic (exact) mass is 180 g/mol. The lowest BCUT2D eigenvalue weighted by atomic mass is 10.0. The molecule has 0 aromatic heterocycles. The maximum Gasteiger partial charge on any atom is 0.0940 e. The van der Waals surface area contributed by atoms with Gasteiger partial charge in [-0.1, -0.05) is 12.1 Å². The van der Waals surface area contributed by atoms with Crippen molar-refractivity contribution in [3.8, 4) is 0 Å². The molecule has 0 aliphatic heterocycles. The first-order valence-corrected chi connectivity index (χ1v) is 4.36. The lowest BCUT2D eigenvalue weighted by molar-refractivity contribution is 0.140. The van der Waals surface area contributed by atoms with Gasteiger partial charge < -0.3 is 16.2 Å². The zero-order valence-corrected chi connectivity index (χ0v) is 7.99. The molecule has 0 fully saturated rings. The van der Waals surface area contributed by atoms with Crippen LogP contribution in [0.2, 0.25) is 0 Å². The van der Waals surface area contributed by atoms with E-state index in [0.29, 0.717) is 5.69 Å². The van der Waals surface area contributed by atoms with Crippen LogP contribution in [0.3, 0.4) is 0 Å². The molecule has 0 heterocycles. The van der Waals surface area contributed by atoms with Crippen molar-refractivity contribution < 1.29 is 5.11 Å². The number of nitrogens with two attached hydrogens (primary N) is 1. The van der Waals surface area contributed by atoms with Crippen LogP contribution in [-0.2, 0) is 0 Å². The molecule has 4 N–H and O–H groups in total. The normalized spacial score (nSPS) is 15.3. The zero-order chi connectivity index (χ0) is 9.84. The molecular formula is C10H16N2O. The van der Waals surface area contributed by atoms with Crippen LogP contribution in [0.1, 0.15) is 18.6 Å². The summed E-state index contributed by atoms with van der Waals surface area (Å²) in [5.74, 6) is 0. The van der Waals surface area contributed by atoms with Gasteiger partial charge in [-0.05, 0) is 31.7 Å². The van der Waals surface area contributed by atoms with Gasteiger partial charge in [0.05, 0.1) is 6.10 Å². The van der Waals surface area contributed by atoms with Crippen LogP contribution in [0.25, 0.3) is 0 Å². The van der Waals surface area contributed by atoms with E-state index in [1.807, 2.05) is 26.1 Å². The van der Waals surface area contributed by atoms with E-state index in [4.69, 9.17) is 5.73 Å². The minimum atomic E-state index is -0.481. The van der Waals surface area contributed by atoms with Gasteiger partial charge in [0.1, 0.15) is 0 Å². The summed E-state index contributed by atoms with van der Waals surface area (Å²) >= 11 is 0. The molecule has 1 aromatic carbocycles. The van der Waals surface area contributed by atoms with Crippen molar-refractivity contribution in [2.45, 2.75) is 19.1 Å². The zero-order valence-electron chi connectivity index (χ0n) is 7.99. The van der Waals surface area contributed by atoms with Crippen molar-refractivity contribution in [2.24, 2.45) is 0 Å².